The number of anilines is 4. The van der Waals surface area contributed by atoms with E-state index in [4.69, 9.17) is 11.5 Å². The molecular formula is C24H26N6O4S2. The minimum atomic E-state index is -3.61. The summed E-state index contributed by atoms with van der Waals surface area (Å²) in [6.07, 6.45) is 0. The SMILES string of the molecule is Cc1ccc(S(=O)(=O)Nc2cccc(N)n2)cc1.Cc1ccc(S(=O)(=O)Nc2cccc(N)n2)cc1. The monoisotopic (exact) mass is 526 g/mol. The second-order valence-electron chi connectivity index (χ2n) is 7.73. The first kappa shape index (κ1) is 26.4. The zero-order valence-electron chi connectivity index (χ0n) is 19.6. The minimum absolute atomic E-state index is 0.192. The van der Waals surface area contributed by atoms with Crippen molar-refractivity contribution in [3.8, 4) is 0 Å². The Kier molecular flexibility index (Phi) is 8.12. The molecule has 0 amide bonds. The van der Waals surface area contributed by atoms with Crippen molar-refractivity contribution in [2.45, 2.75) is 23.6 Å². The number of sulfonamides is 2. The van der Waals surface area contributed by atoms with Gasteiger partial charge in [-0.15, -0.1) is 0 Å². The van der Waals surface area contributed by atoms with E-state index in [-0.39, 0.29) is 33.1 Å². The molecule has 36 heavy (non-hydrogen) atoms. The van der Waals surface area contributed by atoms with E-state index in [1.165, 1.54) is 0 Å². The Bertz CT molecular complexity index is 1420. The van der Waals surface area contributed by atoms with Gasteiger partial charge < -0.3 is 11.5 Å². The van der Waals surface area contributed by atoms with E-state index in [0.717, 1.165) is 11.1 Å². The Morgan fingerprint density at radius 2 is 0.889 bits per heavy atom. The highest BCUT2D eigenvalue weighted by atomic mass is 32.2. The van der Waals surface area contributed by atoms with E-state index in [9.17, 15) is 16.8 Å². The number of pyridine rings is 2. The smallest absolute Gasteiger partial charge is 0.263 e. The fraction of sp³-hybridized carbons (Fsp3) is 0.0833. The molecule has 12 heteroatoms. The lowest BCUT2D eigenvalue weighted by Crippen LogP contribution is -2.14. The molecule has 4 aromatic rings. The Balaban J connectivity index is 0.000000201. The number of aryl methyl sites for hydroxylation is 2. The van der Waals surface area contributed by atoms with Gasteiger partial charge in [-0.05, 0) is 62.4 Å². The fourth-order valence-corrected chi connectivity index (χ4v) is 4.85. The van der Waals surface area contributed by atoms with E-state index in [2.05, 4.69) is 19.4 Å². The number of rotatable bonds is 6. The predicted octanol–water partition coefficient (Wildman–Crippen LogP) is 3.55. The zero-order chi connectivity index (χ0) is 26.3. The molecule has 0 aliphatic carbocycles. The molecule has 6 N–H and O–H groups in total. The third-order valence-electron chi connectivity index (χ3n) is 4.68. The van der Waals surface area contributed by atoms with Gasteiger partial charge in [-0.3, -0.25) is 9.44 Å². The van der Waals surface area contributed by atoms with Crippen molar-refractivity contribution in [1.29, 1.82) is 0 Å². The summed E-state index contributed by atoms with van der Waals surface area (Å²) in [6.45, 7) is 3.78. The summed E-state index contributed by atoms with van der Waals surface area (Å²) in [4.78, 5) is 8.16. The van der Waals surface area contributed by atoms with Gasteiger partial charge in [0.05, 0.1) is 9.79 Å². The summed E-state index contributed by atoms with van der Waals surface area (Å²) in [5.41, 5.74) is 13.0. The number of nitrogens with zero attached hydrogens (tertiary/aromatic N) is 2. The molecule has 0 aliphatic heterocycles. The summed E-state index contributed by atoms with van der Waals surface area (Å²) < 4.78 is 52.9. The molecule has 0 spiro atoms. The third kappa shape index (κ3) is 7.42. The van der Waals surface area contributed by atoms with Crippen molar-refractivity contribution in [3.05, 3.63) is 96.1 Å². The van der Waals surface area contributed by atoms with Crippen LogP contribution in [0.3, 0.4) is 0 Å². The van der Waals surface area contributed by atoms with Gasteiger partial charge in [0.2, 0.25) is 0 Å². The van der Waals surface area contributed by atoms with Crippen molar-refractivity contribution in [1.82, 2.24) is 9.97 Å². The van der Waals surface area contributed by atoms with Crippen molar-refractivity contribution in [3.63, 3.8) is 0 Å². The van der Waals surface area contributed by atoms with Gasteiger partial charge in [0, 0.05) is 0 Å². The largest absolute Gasteiger partial charge is 0.384 e. The summed E-state index contributed by atoms with van der Waals surface area (Å²) in [6, 6.07) is 22.7. The lowest BCUT2D eigenvalue weighted by atomic mass is 10.2. The van der Waals surface area contributed by atoms with Gasteiger partial charge in [-0.25, -0.2) is 26.8 Å². The molecule has 0 fully saturated rings. The first-order valence-electron chi connectivity index (χ1n) is 10.6. The molecular weight excluding hydrogens is 500 g/mol. The van der Waals surface area contributed by atoms with E-state index in [1.807, 2.05) is 13.8 Å². The van der Waals surface area contributed by atoms with Gasteiger partial charge in [0.1, 0.15) is 23.3 Å². The molecule has 2 heterocycles. The quantitative estimate of drug-likeness (QED) is 0.295. The van der Waals surface area contributed by atoms with E-state index in [0.29, 0.717) is 0 Å². The van der Waals surface area contributed by atoms with Crippen LogP contribution in [0.15, 0.2) is 94.7 Å². The molecule has 10 nitrogen and oxygen atoms in total. The van der Waals surface area contributed by atoms with Gasteiger partial charge >= 0.3 is 0 Å². The maximum atomic E-state index is 12.0. The summed E-state index contributed by atoms with van der Waals surface area (Å²) in [5.74, 6) is 0.935. The fourth-order valence-electron chi connectivity index (χ4n) is 2.84. The molecule has 0 radical (unpaired) electrons. The van der Waals surface area contributed by atoms with E-state index in [1.54, 1.807) is 84.9 Å². The third-order valence-corrected chi connectivity index (χ3v) is 7.42. The van der Waals surface area contributed by atoms with Gasteiger partial charge in [-0.2, -0.15) is 0 Å². The molecule has 0 saturated heterocycles. The molecule has 4 rings (SSSR count). The highest BCUT2D eigenvalue weighted by Crippen LogP contribution is 2.17. The average molecular weight is 527 g/mol. The van der Waals surface area contributed by atoms with Crippen molar-refractivity contribution >= 4 is 43.3 Å². The van der Waals surface area contributed by atoms with Crippen LogP contribution in [0.5, 0.6) is 0 Å². The molecule has 0 aliphatic rings. The molecule has 0 bridgehead atoms. The molecule has 0 unspecified atom stereocenters. The molecule has 2 aromatic carbocycles. The Morgan fingerprint density at radius 3 is 1.19 bits per heavy atom. The molecule has 0 saturated carbocycles. The maximum absolute atomic E-state index is 12.0. The minimum Gasteiger partial charge on any atom is -0.384 e. The number of nitrogen functional groups attached to an aromatic ring is 2. The second-order valence-corrected chi connectivity index (χ2v) is 11.1. The Hall–Kier alpha value is -4.16. The van der Waals surface area contributed by atoms with Crippen LogP contribution in [0, 0.1) is 13.8 Å². The normalized spacial score (nSPS) is 11.2. The van der Waals surface area contributed by atoms with Gasteiger partial charge in [0.25, 0.3) is 20.0 Å². The summed E-state index contributed by atoms with van der Waals surface area (Å²) in [7, 11) is -7.23. The highest BCUT2D eigenvalue weighted by molar-refractivity contribution is 7.93. The van der Waals surface area contributed by atoms with Crippen molar-refractivity contribution in [2.24, 2.45) is 0 Å². The first-order valence-corrected chi connectivity index (χ1v) is 13.6. The molecule has 2 aromatic heterocycles. The van der Waals surface area contributed by atoms with E-state index >= 15 is 0 Å². The topological polar surface area (TPSA) is 170 Å². The zero-order valence-corrected chi connectivity index (χ0v) is 21.2. The number of aromatic nitrogens is 2. The Morgan fingerprint density at radius 1 is 0.556 bits per heavy atom. The average Bonchev–Trinajstić information content (AvgIpc) is 2.79. The van der Waals surface area contributed by atoms with Crippen LogP contribution in [-0.4, -0.2) is 26.8 Å². The highest BCUT2D eigenvalue weighted by Gasteiger charge is 2.15. The number of nitrogens with two attached hydrogens (primary N) is 2. The number of hydrogen-bond acceptors (Lipinski definition) is 8. The van der Waals surface area contributed by atoms with Crippen LogP contribution < -0.4 is 20.9 Å². The lowest BCUT2D eigenvalue weighted by Gasteiger charge is -2.07. The van der Waals surface area contributed by atoms with Gasteiger partial charge in [-0.1, -0.05) is 47.5 Å². The van der Waals surface area contributed by atoms with E-state index < -0.39 is 20.0 Å². The summed E-state index contributed by atoms with van der Waals surface area (Å²) >= 11 is 0. The van der Waals surface area contributed by atoms with Crippen molar-refractivity contribution in [2.75, 3.05) is 20.9 Å². The number of nitrogens with one attached hydrogen (secondary N) is 2. The van der Waals surface area contributed by atoms with Crippen LogP contribution in [0.2, 0.25) is 0 Å². The van der Waals surface area contributed by atoms with Crippen LogP contribution in [0.25, 0.3) is 0 Å². The maximum Gasteiger partial charge on any atom is 0.263 e. The van der Waals surface area contributed by atoms with Crippen LogP contribution >= 0.6 is 0 Å². The van der Waals surface area contributed by atoms with Crippen LogP contribution in [0.4, 0.5) is 23.3 Å². The van der Waals surface area contributed by atoms with Crippen LogP contribution in [0.1, 0.15) is 11.1 Å². The standard InChI is InChI=1S/2C12H13N3O2S/c2*1-9-5-7-10(8-6-9)18(16,17)15-12-4-2-3-11(13)14-12/h2*2-8H,1H3,(H3,13,14,15). The number of hydrogen-bond donors (Lipinski definition) is 4. The summed E-state index contributed by atoms with van der Waals surface area (Å²) in [5, 5.41) is 0. The lowest BCUT2D eigenvalue weighted by molar-refractivity contribution is 0.599. The molecule has 0 atom stereocenters. The first-order chi connectivity index (χ1) is 16.9. The van der Waals surface area contributed by atoms with Crippen LogP contribution in [-0.2, 0) is 20.0 Å². The second kappa shape index (κ2) is 11.1. The van der Waals surface area contributed by atoms with Crippen molar-refractivity contribution < 1.29 is 16.8 Å². The molecule has 188 valence electrons. The predicted molar refractivity (Wildman–Crippen MR) is 141 cm³/mol. The van der Waals surface area contributed by atoms with Gasteiger partial charge in [0.15, 0.2) is 0 Å². The number of benzene rings is 2. The Labute approximate surface area is 210 Å².